The van der Waals surface area contributed by atoms with Gasteiger partial charge in [0.25, 0.3) is 0 Å². The third-order valence-corrected chi connectivity index (χ3v) is 8.12. The Balaban J connectivity index is 1.71. The highest BCUT2D eigenvalue weighted by molar-refractivity contribution is 9.10. The van der Waals surface area contributed by atoms with Gasteiger partial charge in [-0.2, -0.15) is 0 Å². The number of halogens is 1. The zero-order valence-electron chi connectivity index (χ0n) is 23.1. The number of para-hydroxylation sites is 1. The van der Waals surface area contributed by atoms with E-state index in [-0.39, 0.29) is 0 Å². The van der Waals surface area contributed by atoms with E-state index in [2.05, 4.69) is 98.4 Å². The Labute approximate surface area is 222 Å². The Morgan fingerprint density at radius 1 is 0.714 bits per heavy atom. The second-order valence-electron chi connectivity index (χ2n) is 11.8. The summed E-state index contributed by atoms with van der Waals surface area (Å²) in [6.45, 7) is 15.9. The van der Waals surface area contributed by atoms with Crippen LogP contribution in [0.2, 0.25) is 0 Å². The lowest BCUT2D eigenvalue weighted by Crippen LogP contribution is -2.06. The van der Waals surface area contributed by atoms with Crippen molar-refractivity contribution < 1.29 is 4.74 Å². The van der Waals surface area contributed by atoms with Crippen LogP contribution < -0.4 is 4.74 Å². The summed E-state index contributed by atoms with van der Waals surface area (Å²) < 4.78 is 9.92. The van der Waals surface area contributed by atoms with Crippen LogP contribution in [0.4, 0.5) is 0 Å². The van der Waals surface area contributed by atoms with Crippen molar-refractivity contribution in [1.82, 2.24) is 4.57 Å². The molecule has 0 bridgehead atoms. The van der Waals surface area contributed by atoms with Crippen LogP contribution in [-0.2, 0) is 6.54 Å². The lowest BCUT2D eigenvalue weighted by atomic mass is 9.97. The van der Waals surface area contributed by atoms with Crippen molar-refractivity contribution in [3.63, 3.8) is 0 Å². The van der Waals surface area contributed by atoms with Crippen molar-refractivity contribution in [2.75, 3.05) is 6.61 Å². The van der Waals surface area contributed by atoms with Crippen LogP contribution in [-0.4, -0.2) is 11.2 Å². The van der Waals surface area contributed by atoms with E-state index in [4.69, 9.17) is 4.74 Å². The fourth-order valence-corrected chi connectivity index (χ4v) is 5.61. The van der Waals surface area contributed by atoms with Gasteiger partial charge in [-0.3, -0.25) is 0 Å². The summed E-state index contributed by atoms with van der Waals surface area (Å²) in [5.41, 5.74) is 2.63. The number of aryl methyl sites for hydroxylation is 1. The van der Waals surface area contributed by atoms with E-state index in [0.717, 1.165) is 47.5 Å². The van der Waals surface area contributed by atoms with Crippen molar-refractivity contribution in [1.29, 1.82) is 0 Å². The minimum absolute atomic E-state index is 0.708. The molecule has 2 atom stereocenters. The highest BCUT2D eigenvalue weighted by atomic mass is 79.9. The molecular weight excluding hydrogens is 494 g/mol. The van der Waals surface area contributed by atoms with Gasteiger partial charge in [-0.1, -0.05) is 98.3 Å². The lowest BCUT2D eigenvalue weighted by Gasteiger charge is -2.16. The first kappa shape index (κ1) is 28.1. The van der Waals surface area contributed by atoms with Gasteiger partial charge in [0, 0.05) is 28.9 Å². The molecule has 0 spiro atoms. The predicted molar refractivity (Wildman–Crippen MR) is 158 cm³/mol. The Morgan fingerprint density at radius 3 is 2.00 bits per heavy atom. The van der Waals surface area contributed by atoms with Crippen LogP contribution in [0, 0.1) is 23.7 Å². The maximum atomic E-state index is 6.33. The monoisotopic (exact) mass is 541 g/mol. The smallest absolute Gasteiger partial charge is 0.135 e. The van der Waals surface area contributed by atoms with Gasteiger partial charge in [0.1, 0.15) is 5.75 Å². The Kier molecular flexibility index (Phi) is 11.0. The maximum Gasteiger partial charge on any atom is 0.135 e. The molecule has 1 heterocycles. The zero-order chi connectivity index (χ0) is 25.4. The molecule has 2 unspecified atom stereocenters. The Morgan fingerprint density at radius 2 is 1.34 bits per heavy atom. The molecule has 3 aromatic rings. The van der Waals surface area contributed by atoms with Gasteiger partial charge in [-0.25, -0.2) is 0 Å². The van der Waals surface area contributed by atoms with E-state index in [0.29, 0.717) is 5.92 Å². The van der Waals surface area contributed by atoms with Crippen LogP contribution >= 0.6 is 15.9 Å². The van der Waals surface area contributed by atoms with Crippen molar-refractivity contribution >= 4 is 37.7 Å². The topological polar surface area (TPSA) is 14.2 Å². The fourth-order valence-electron chi connectivity index (χ4n) is 5.16. The average molecular weight is 543 g/mol. The molecule has 2 nitrogen and oxygen atoms in total. The molecule has 3 rings (SSSR count). The molecule has 0 N–H and O–H groups in total. The lowest BCUT2D eigenvalue weighted by molar-refractivity contribution is 0.274. The first-order chi connectivity index (χ1) is 16.8. The molecule has 0 amide bonds. The fraction of sp³-hybridized carbons (Fsp3) is 0.625. The number of aromatic nitrogens is 1. The molecule has 3 heteroatoms. The summed E-state index contributed by atoms with van der Waals surface area (Å²) in [7, 11) is 0. The molecule has 35 heavy (non-hydrogen) atoms. The molecule has 0 aliphatic carbocycles. The first-order valence-corrected chi connectivity index (χ1v) is 14.9. The number of hydrogen-bond acceptors (Lipinski definition) is 1. The normalized spacial score (nSPS) is 13.9. The van der Waals surface area contributed by atoms with Crippen molar-refractivity contribution in [3.8, 4) is 5.75 Å². The maximum absolute atomic E-state index is 6.33. The molecule has 1 aromatic heterocycles. The second kappa shape index (κ2) is 13.7. The highest BCUT2D eigenvalue weighted by Gasteiger charge is 2.15. The second-order valence-corrected chi connectivity index (χ2v) is 12.6. The SMILES string of the molecule is CC(C)CCCC(C)CCOc1cc2c(cc1Br)c1ccccc1n2CCC(C)CCCC(C)C. The van der Waals surface area contributed by atoms with E-state index in [9.17, 15) is 0 Å². The number of nitrogens with zero attached hydrogens (tertiary/aromatic N) is 1. The van der Waals surface area contributed by atoms with E-state index < -0.39 is 0 Å². The van der Waals surface area contributed by atoms with Crippen LogP contribution in [0.5, 0.6) is 5.75 Å². The number of benzene rings is 2. The van der Waals surface area contributed by atoms with E-state index in [1.54, 1.807) is 0 Å². The quantitative estimate of drug-likeness (QED) is 0.186. The molecule has 2 aromatic carbocycles. The molecule has 0 saturated heterocycles. The molecule has 0 fully saturated rings. The minimum atomic E-state index is 0.708. The number of fused-ring (bicyclic) bond motifs is 3. The van der Waals surface area contributed by atoms with Crippen LogP contribution in [0.15, 0.2) is 40.9 Å². The van der Waals surface area contributed by atoms with Crippen molar-refractivity contribution in [3.05, 3.63) is 40.9 Å². The van der Waals surface area contributed by atoms with Gasteiger partial charge < -0.3 is 9.30 Å². The predicted octanol–water partition coefficient (Wildman–Crippen LogP) is 10.6. The number of rotatable bonds is 15. The average Bonchev–Trinajstić information content (AvgIpc) is 3.10. The van der Waals surface area contributed by atoms with Crippen LogP contribution in [0.3, 0.4) is 0 Å². The highest BCUT2D eigenvalue weighted by Crippen LogP contribution is 2.37. The standard InChI is InChI=1S/C32H48BrNO/c1-23(2)11-9-13-25(5)17-19-34-30-16-8-7-15-27(30)28-21-29(33)32(22-31(28)34)35-20-18-26(6)14-10-12-24(3)4/h7-8,15-16,21-26H,9-14,17-20H2,1-6H3. The summed E-state index contributed by atoms with van der Waals surface area (Å²) in [5.74, 6) is 4.03. The van der Waals surface area contributed by atoms with Gasteiger partial charge in [0.05, 0.1) is 16.6 Å². The van der Waals surface area contributed by atoms with Crippen molar-refractivity contribution in [2.45, 2.75) is 99.5 Å². The molecule has 0 saturated carbocycles. The van der Waals surface area contributed by atoms with Gasteiger partial charge in [-0.05, 0) is 64.6 Å². The summed E-state index contributed by atoms with van der Waals surface area (Å²) in [6, 6.07) is 13.4. The van der Waals surface area contributed by atoms with Gasteiger partial charge >= 0.3 is 0 Å². The van der Waals surface area contributed by atoms with E-state index in [1.807, 2.05) is 0 Å². The number of hydrogen-bond donors (Lipinski definition) is 0. The molecule has 0 aliphatic heterocycles. The van der Waals surface area contributed by atoms with E-state index >= 15 is 0 Å². The molecule has 0 radical (unpaired) electrons. The molecule has 194 valence electrons. The van der Waals surface area contributed by atoms with Crippen molar-refractivity contribution in [2.24, 2.45) is 23.7 Å². The van der Waals surface area contributed by atoms with Crippen LogP contribution in [0.1, 0.15) is 92.9 Å². The number of ether oxygens (including phenoxy) is 1. The summed E-state index contributed by atoms with van der Waals surface area (Å²) in [5, 5.41) is 2.65. The molecular formula is C32H48BrNO. The van der Waals surface area contributed by atoms with Crippen LogP contribution in [0.25, 0.3) is 21.8 Å². The Bertz CT molecular complexity index is 1050. The summed E-state index contributed by atoms with van der Waals surface area (Å²) >= 11 is 3.81. The summed E-state index contributed by atoms with van der Waals surface area (Å²) in [6.07, 6.45) is 10.3. The third kappa shape index (κ3) is 8.27. The summed E-state index contributed by atoms with van der Waals surface area (Å²) in [4.78, 5) is 0. The van der Waals surface area contributed by atoms with E-state index in [1.165, 1.54) is 66.8 Å². The van der Waals surface area contributed by atoms with Gasteiger partial charge in [0.15, 0.2) is 0 Å². The zero-order valence-corrected chi connectivity index (χ0v) is 24.7. The van der Waals surface area contributed by atoms with Gasteiger partial charge in [0.2, 0.25) is 0 Å². The minimum Gasteiger partial charge on any atom is -0.492 e. The molecule has 0 aliphatic rings. The first-order valence-electron chi connectivity index (χ1n) is 14.1. The Hall–Kier alpha value is -1.48. The van der Waals surface area contributed by atoms with Gasteiger partial charge in [-0.15, -0.1) is 0 Å². The largest absolute Gasteiger partial charge is 0.492 e. The third-order valence-electron chi connectivity index (χ3n) is 7.50.